The number of hydrogen-bond acceptors (Lipinski definition) is 7. The Balaban J connectivity index is 0.000000175. The second kappa shape index (κ2) is 7.65. The number of aromatic nitrogens is 8. The van der Waals surface area contributed by atoms with E-state index >= 15 is 0 Å². The van der Waals surface area contributed by atoms with E-state index in [1.807, 2.05) is 39.8 Å². The number of aryl methyl sites for hydroxylation is 3. The van der Waals surface area contributed by atoms with Crippen molar-refractivity contribution in [3.63, 3.8) is 0 Å². The Labute approximate surface area is 146 Å². The van der Waals surface area contributed by atoms with Gasteiger partial charge in [-0.05, 0) is 33.8 Å². The standard InChI is InChI=1S/C8H11N5.C7H8N4.CH4/c1-3-9-7-4-6(2)12-8-10-5-11-13(7)8;1-5-3-6(2)11-7(10-5)8-4-9-11;/h4-5,9H,3H2,1-2H3;3-4H,1-2H3;1H4. The molecule has 25 heavy (non-hydrogen) atoms. The van der Waals surface area contributed by atoms with E-state index in [4.69, 9.17) is 0 Å². The summed E-state index contributed by atoms with van der Waals surface area (Å²) in [6.07, 6.45) is 3.01. The monoisotopic (exact) mass is 341 g/mol. The number of nitrogens with one attached hydrogen (secondary N) is 1. The first-order valence-electron chi connectivity index (χ1n) is 7.63. The maximum absolute atomic E-state index is 4.23. The van der Waals surface area contributed by atoms with Crippen molar-refractivity contribution in [2.24, 2.45) is 0 Å². The van der Waals surface area contributed by atoms with E-state index in [9.17, 15) is 0 Å². The van der Waals surface area contributed by atoms with Gasteiger partial charge < -0.3 is 5.32 Å². The van der Waals surface area contributed by atoms with Crippen LogP contribution in [0.2, 0.25) is 0 Å². The molecule has 1 N–H and O–H groups in total. The molecule has 0 aliphatic carbocycles. The molecular weight excluding hydrogens is 318 g/mol. The van der Waals surface area contributed by atoms with Crippen molar-refractivity contribution in [2.45, 2.75) is 35.1 Å². The van der Waals surface area contributed by atoms with Crippen molar-refractivity contribution in [3.05, 3.63) is 41.9 Å². The van der Waals surface area contributed by atoms with E-state index in [2.05, 4.69) is 35.5 Å². The average Bonchev–Trinajstić information content (AvgIpc) is 3.16. The van der Waals surface area contributed by atoms with E-state index in [1.54, 1.807) is 9.03 Å². The lowest BCUT2D eigenvalue weighted by atomic mass is 10.4. The minimum atomic E-state index is 0. The van der Waals surface area contributed by atoms with E-state index in [1.165, 1.54) is 12.7 Å². The Morgan fingerprint density at radius 1 is 0.880 bits per heavy atom. The zero-order valence-electron chi connectivity index (χ0n) is 14.1. The van der Waals surface area contributed by atoms with Crippen LogP contribution in [-0.2, 0) is 0 Å². The summed E-state index contributed by atoms with van der Waals surface area (Å²) >= 11 is 0. The van der Waals surface area contributed by atoms with Gasteiger partial charge in [-0.25, -0.2) is 14.5 Å². The van der Waals surface area contributed by atoms with E-state index in [0.717, 1.165) is 29.4 Å². The van der Waals surface area contributed by atoms with Gasteiger partial charge in [-0.2, -0.15) is 24.7 Å². The predicted molar refractivity (Wildman–Crippen MR) is 96.7 cm³/mol. The third-order valence-electron chi connectivity index (χ3n) is 3.30. The maximum atomic E-state index is 4.23. The van der Waals surface area contributed by atoms with Crippen LogP contribution in [0.1, 0.15) is 31.4 Å². The molecule has 0 radical (unpaired) electrons. The molecule has 0 amide bonds. The SMILES string of the molecule is C.CCNc1cc(C)nc2ncnn12.Cc1cc(C)n2ncnc2n1. The molecule has 132 valence electrons. The predicted octanol–water partition coefficient (Wildman–Crippen LogP) is 2.24. The van der Waals surface area contributed by atoms with Crippen LogP contribution in [0.15, 0.2) is 24.8 Å². The molecule has 0 atom stereocenters. The minimum absolute atomic E-state index is 0. The maximum Gasteiger partial charge on any atom is 0.254 e. The van der Waals surface area contributed by atoms with Crippen molar-refractivity contribution < 1.29 is 0 Å². The molecule has 4 heterocycles. The third-order valence-corrected chi connectivity index (χ3v) is 3.30. The number of fused-ring (bicyclic) bond motifs is 2. The summed E-state index contributed by atoms with van der Waals surface area (Å²) in [7, 11) is 0. The highest BCUT2D eigenvalue weighted by Crippen LogP contribution is 2.09. The van der Waals surface area contributed by atoms with Crippen molar-refractivity contribution >= 4 is 17.4 Å². The average molecular weight is 341 g/mol. The zero-order chi connectivity index (χ0) is 17.1. The van der Waals surface area contributed by atoms with Gasteiger partial charge in [0.25, 0.3) is 11.6 Å². The Kier molecular flexibility index (Phi) is 5.58. The van der Waals surface area contributed by atoms with Gasteiger partial charge in [0.2, 0.25) is 0 Å². The van der Waals surface area contributed by atoms with Gasteiger partial charge in [-0.3, -0.25) is 0 Å². The molecule has 0 fully saturated rings. The molecule has 0 unspecified atom stereocenters. The number of anilines is 1. The second-order valence-corrected chi connectivity index (χ2v) is 5.30. The summed E-state index contributed by atoms with van der Waals surface area (Å²) in [6, 6.07) is 3.92. The van der Waals surface area contributed by atoms with Gasteiger partial charge in [0, 0.05) is 29.7 Å². The number of hydrogen-bond donors (Lipinski definition) is 1. The lowest BCUT2D eigenvalue weighted by Crippen LogP contribution is -2.05. The van der Waals surface area contributed by atoms with Crippen LogP contribution in [0.25, 0.3) is 11.6 Å². The van der Waals surface area contributed by atoms with Crippen LogP contribution in [0, 0.1) is 20.8 Å². The molecule has 4 aromatic rings. The van der Waals surface area contributed by atoms with E-state index in [0.29, 0.717) is 11.6 Å². The van der Waals surface area contributed by atoms with Crippen LogP contribution in [-0.4, -0.2) is 45.7 Å². The quantitative estimate of drug-likeness (QED) is 0.597. The number of rotatable bonds is 2. The Bertz CT molecular complexity index is 970. The highest BCUT2D eigenvalue weighted by molar-refractivity contribution is 5.44. The summed E-state index contributed by atoms with van der Waals surface area (Å²) in [4.78, 5) is 16.4. The van der Waals surface area contributed by atoms with Gasteiger partial charge in [0.15, 0.2) is 0 Å². The van der Waals surface area contributed by atoms with Crippen molar-refractivity contribution in [1.82, 2.24) is 39.2 Å². The van der Waals surface area contributed by atoms with Gasteiger partial charge in [-0.1, -0.05) is 7.43 Å². The Morgan fingerprint density at radius 3 is 2.08 bits per heavy atom. The lowest BCUT2D eigenvalue weighted by molar-refractivity contribution is 0.885. The third kappa shape index (κ3) is 3.87. The molecule has 4 aromatic heterocycles. The molecule has 4 rings (SSSR count). The molecule has 0 spiro atoms. The first-order chi connectivity index (χ1) is 11.6. The zero-order valence-corrected chi connectivity index (χ0v) is 14.1. The highest BCUT2D eigenvalue weighted by Gasteiger charge is 2.03. The molecule has 0 aromatic carbocycles. The molecular formula is C16H23N9. The van der Waals surface area contributed by atoms with Crippen molar-refractivity contribution in [1.29, 1.82) is 0 Å². The fourth-order valence-corrected chi connectivity index (χ4v) is 2.35. The normalized spacial score (nSPS) is 10.2. The van der Waals surface area contributed by atoms with Crippen molar-refractivity contribution in [2.75, 3.05) is 11.9 Å². The van der Waals surface area contributed by atoms with Crippen LogP contribution < -0.4 is 5.32 Å². The smallest absolute Gasteiger partial charge is 0.254 e. The van der Waals surface area contributed by atoms with E-state index < -0.39 is 0 Å². The minimum Gasteiger partial charge on any atom is -0.370 e. The van der Waals surface area contributed by atoms with Gasteiger partial charge in [0.05, 0.1) is 0 Å². The lowest BCUT2D eigenvalue weighted by Gasteiger charge is -2.05. The van der Waals surface area contributed by atoms with Crippen LogP contribution in [0.3, 0.4) is 0 Å². The fourth-order valence-electron chi connectivity index (χ4n) is 2.35. The summed E-state index contributed by atoms with van der Waals surface area (Å²) in [5.74, 6) is 2.24. The van der Waals surface area contributed by atoms with Gasteiger partial charge >= 0.3 is 0 Å². The molecule has 0 aliphatic heterocycles. The van der Waals surface area contributed by atoms with Crippen molar-refractivity contribution in [3.8, 4) is 0 Å². The second-order valence-electron chi connectivity index (χ2n) is 5.30. The summed E-state index contributed by atoms with van der Waals surface area (Å²) < 4.78 is 3.41. The van der Waals surface area contributed by atoms with Crippen LogP contribution in [0.4, 0.5) is 5.82 Å². The topological polar surface area (TPSA) is 98.2 Å². The largest absolute Gasteiger partial charge is 0.370 e. The highest BCUT2D eigenvalue weighted by atomic mass is 15.3. The summed E-state index contributed by atoms with van der Waals surface area (Å²) in [6.45, 7) is 8.77. The number of nitrogens with zero attached hydrogens (tertiary/aromatic N) is 8. The fraction of sp³-hybridized carbons (Fsp3) is 0.375. The van der Waals surface area contributed by atoms with Crippen LogP contribution in [0.5, 0.6) is 0 Å². The van der Waals surface area contributed by atoms with E-state index in [-0.39, 0.29) is 7.43 Å². The van der Waals surface area contributed by atoms with Gasteiger partial charge in [-0.15, -0.1) is 0 Å². The first-order valence-corrected chi connectivity index (χ1v) is 7.63. The molecule has 0 aliphatic rings. The van der Waals surface area contributed by atoms with Crippen LogP contribution >= 0.6 is 0 Å². The molecule has 9 nitrogen and oxygen atoms in total. The molecule has 9 heteroatoms. The summed E-state index contributed by atoms with van der Waals surface area (Å²) in [5, 5.41) is 11.3. The Morgan fingerprint density at radius 2 is 1.44 bits per heavy atom. The molecule has 0 saturated heterocycles. The summed E-state index contributed by atoms with van der Waals surface area (Å²) in [5.41, 5.74) is 2.98. The van der Waals surface area contributed by atoms with Gasteiger partial charge in [0.1, 0.15) is 18.5 Å². The molecule has 0 bridgehead atoms. The first kappa shape index (κ1) is 18.2. The Hall–Kier alpha value is -3.10. The molecule has 0 saturated carbocycles.